The van der Waals surface area contributed by atoms with E-state index in [1.54, 1.807) is 6.07 Å². The van der Waals surface area contributed by atoms with Gasteiger partial charge in [0.1, 0.15) is 5.82 Å². The molecule has 0 radical (unpaired) electrons. The molecule has 1 heterocycles. The highest BCUT2D eigenvalue weighted by molar-refractivity contribution is 9.10. The molecule has 2 aliphatic rings. The van der Waals surface area contributed by atoms with Crippen LogP contribution >= 0.6 is 15.9 Å². The lowest BCUT2D eigenvalue weighted by molar-refractivity contribution is -0.0968. The third-order valence-electron chi connectivity index (χ3n) is 4.94. The van der Waals surface area contributed by atoms with Crippen LogP contribution in [0.25, 0.3) is 0 Å². The summed E-state index contributed by atoms with van der Waals surface area (Å²) in [5, 5.41) is 10.7. The molecular weight excluding hydrogens is 321 g/mol. The largest absolute Gasteiger partial charge is 0.390 e. The average molecular weight is 342 g/mol. The van der Waals surface area contributed by atoms with Crippen LogP contribution in [0.2, 0.25) is 0 Å². The first kappa shape index (κ1) is 14.5. The smallest absolute Gasteiger partial charge is 0.137 e. The average Bonchev–Trinajstić information content (AvgIpc) is 2.44. The lowest BCUT2D eigenvalue weighted by Crippen LogP contribution is -2.52. The molecule has 2 nitrogen and oxygen atoms in total. The highest BCUT2D eigenvalue weighted by Gasteiger charge is 2.42. The van der Waals surface area contributed by atoms with Crippen LogP contribution < -0.4 is 0 Å². The van der Waals surface area contributed by atoms with Crippen molar-refractivity contribution in [2.75, 3.05) is 13.1 Å². The van der Waals surface area contributed by atoms with E-state index in [0.29, 0.717) is 10.4 Å². The third-order valence-corrected chi connectivity index (χ3v) is 5.83. The molecule has 0 aromatic heterocycles. The zero-order chi connectivity index (χ0) is 14.2. The van der Waals surface area contributed by atoms with Gasteiger partial charge in [-0.05, 0) is 46.8 Å². The van der Waals surface area contributed by atoms with Crippen molar-refractivity contribution in [3.63, 3.8) is 0 Å². The molecular formula is C16H21BrFNO. The van der Waals surface area contributed by atoms with Crippen LogP contribution in [0.15, 0.2) is 22.7 Å². The molecule has 1 aliphatic carbocycles. The molecule has 110 valence electrons. The normalized spacial score (nSPS) is 31.1. The molecule has 1 saturated carbocycles. The number of aliphatic hydroxyl groups is 1. The van der Waals surface area contributed by atoms with Crippen molar-refractivity contribution in [3.8, 4) is 0 Å². The number of fused-ring (bicyclic) bond motifs is 1. The highest BCUT2D eigenvalue weighted by Crippen LogP contribution is 2.40. The van der Waals surface area contributed by atoms with Gasteiger partial charge < -0.3 is 5.11 Å². The molecule has 2 atom stereocenters. The number of piperidine rings is 1. The van der Waals surface area contributed by atoms with Crippen molar-refractivity contribution in [1.29, 1.82) is 0 Å². The third kappa shape index (κ3) is 2.78. The van der Waals surface area contributed by atoms with Gasteiger partial charge in [-0.3, -0.25) is 4.90 Å². The molecule has 3 rings (SSSR count). The summed E-state index contributed by atoms with van der Waals surface area (Å²) in [6, 6.07) is 5.20. The standard InChI is InChI=1S/C16H21BrFNO/c17-15-12(4-3-6-14(15)18)10-19-9-8-16(20)7-2-1-5-13(16)11-19/h3-4,6,13,20H,1-2,5,7-11H2. The van der Waals surface area contributed by atoms with Gasteiger partial charge >= 0.3 is 0 Å². The van der Waals surface area contributed by atoms with Crippen LogP contribution in [0.4, 0.5) is 4.39 Å². The van der Waals surface area contributed by atoms with Gasteiger partial charge in [-0.1, -0.05) is 25.0 Å². The maximum Gasteiger partial charge on any atom is 0.137 e. The predicted octanol–water partition coefficient (Wildman–Crippen LogP) is 3.72. The quantitative estimate of drug-likeness (QED) is 0.886. The van der Waals surface area contributed by atoms with E-state index in [1.807, 2.05) is 6.07 Å². The fraction of sp³-hybridized carbons (Fsp3) is 0.625. The highest BCUT2D eigenvalue weighted by atomic mass is 79.9. The van der Waals surface area contributed by atoms with Gasteiger partial charge in [0.2, 0.25) is 0 Å². The molecule has 0 amide bonds. The van der Waals surface area contributed by atoms with Gasteiger partial charge in [-0.15, -0.1) is 0 Å². The van der Waals surface area contributed by atoms with E-state index < -0.39 is 5.60 Å². The minimum Gasteiger partial charge on any atom is -0.390 e. The summed E-state index contributed by atoms with van der Waals surface area (Å²) in [7, 11) is 0. The summed E-state index contributed by atoms with van der Waals surface area (Å²) in [5.74, 6) is 0.186. The van der Waals surface area contributed by atoms with Crippen LogP contribution in [-0.4, -0.2) is 28.7 Å². The minimum absolute atomic E-state index is 0.200. The number of benzene rings is 1. The number of likely N-dealkylation sites (tertiary alicyclic amines) is 1. The summed E-state index contributed by atoms with van der Waals surface area (Å²) >= 11 is 3.34. The maximum atomic E-state index is 13.6. The first-order valence-electron chi connectivity index (χ1n) is 7.46. The molecule has 2 fully saturated rings. The molecule has 1 aromatic rings. The van der Waals surface area contributed by atoms with Gasteiger partial charge in [-0.25, -0.2) is 4.39 Å². The lowest BCUT2D eigenvalue weighted by atomic mass is 9.71. The number of hydrogen-bond donors (Lipinski definition) is 1. The van der Waals surface area contributed by atoms with Crippen LogP contribution in [0, 0.1) is 11.7 Å². The zero-order valence-corrected chi connectivity index (χ0v) is 13.2. The Morgan fingerprint density at radius 1 is 1.35 bits per heavy atom. The first-order valence-corrected chi connectivity index (χ1v) is 8.25. The van der Waals surface area contributed by atoms with Crippen LogP contribution in [-0.2, 0) is 6.54 Å². The topological polar surface area (TPSA) is 23.5 Å². The van der Waals surface area contributed by atoms with Gasteiger partial charge in [0.15, 0.2) is 0 Å². The molecule has 0 spiro atoms. The Labute approximate surface area is 128 Å². The fourth-order valence-corrected chi connectivity index (χ4v) is 4.08. The second-order valence-electron chi connectivity index (χ2n) is 6.24. The second kappa shape index (κ2) is 5.74. The number of rotatable bonds is 2. The summed E-state index contributed by atoms with van der Waals surface area (Å²) in [4.78, 5) is 2.35. The first-order chi connectivity index (χ1) is 9.58. The van der Waals surface area contributed by atoms with Crippen LogP contribution in [0.5, 0.6) is 0 Å². The maximum absolute atomic E-state index is 13.6. The fourth-order valence-electron chi connectivity index (χ4n) is 3.69. The second-order valence-corrected chi connectivity index (χ2v) is 7.04. The summed E-state index contributed by atoms with van der Waals surface area (Å²) in [6.45, 7) is 2.58. The molecule has 1 saturated heterocycles. The molecule has 2 unspecified atom stereocenters. The monoisotopic (exact) mass is 341 g/mol. The van der Waals surface area contributed by atoms with Crippen molar-refractivity contribution in [3.05, 3.63) is 34.1 Å². The summed E-state index contributed by atoms with van der Waals surface area (Å²) in [6.07, 6.45) is 5.31. The molecule has 1 aromatic carbocycles. The molecule has 1 aliphatic heterocycles. The van der Waals surface area contributed by atoms with Gasteiger partial charge in [-0.2, -0.15) is 0 Å². The summed E-state index contributed by atoms with van der Waals surface area (Å²) < 4.78 is 14.1. The van der Waals surface area contributed by atoms with E-state index in [9.17, 15) is 9.50 Å². The van der Waals surface area contributed by atoms with Gasteiger partial charge in [0.25, 0.3) is 0 Å². The SMILES string of the molecule is OC12CCCCC1CN(Cc1cccc(F)c1Br)CC2. The molecule has 20 heavy (non-hydrogen) atoms. The van der Waals surface area contributed by atoms with E-state index in [-0.39, 0.29) is 5.82 Å². The number of hydrogen-bond acceptors (Lipinski definition) is 2. The number of halogens is 2. The van der Waals surface area contributed by atoms with E-state index in [2.05, 4.69) is 20.8 Å². The Morgan fingerprint density at radius 2 is 2.20 bits per heavy atom. The Hall–Kier alpha value is -0.450. The lowest BCUT2D eigenvalue weighted by Gasteiger charge is -2.47. The van der Waals surface area contributed by atoms with Crippen LogP contribution in [0.1, 0.15) is 37.7 Å². The van der Waals surface area contributed by atoms with E-state index >= 15 is 0 Å². The predicted molar refractivity (Wildman–Crippen MR) is 80.9 cm³/mol. The summed E-state index contributed by atoms with van der Waals surface area (Å²) in [5.41, 5.74) is 0.555. The van der Waals surface area contributed by atoms with Gasteiger partial charge in [0, 0.05) is 25.6 Å². The van der Waals surface area contributed by atoms with E-state index in [1.165, 1.54) is 12.5 Å². The van der Waals surface area contributed by atoms with Gasteiger partial charge in [0.05, 0.1) is 10.1 Å². The van der Waals surface area contributed by atoms with Crippen molar-refractivity contribution in [1.82, 2.24) is 4.90 Å². The van der Waals surface area contributed by atoms with Crippen molar-refractivity contribution in [2.45, 2.75) is 44.2 Å². The minimum atomic E-state index is -0.437. The molecule has 1 N–H and O–H groups in total. The molecule has 4 heteroatoms. The Balaban J connectivity index is 1.69. The molecule has 0 bridgehead atoms. The Kier molecular flexibility index (Phi) is 4.16. The van der Waals surface area contributed by atoms with Crippen LogP contribution in [0.3, 0.4) is 0 Å². The van der Waals surface area contributed by atoms with E-state index in [0.717, 1.165) is 50.9 Å². The Bertz CT molecular complexity index is 495. The van der Waals surface area contributed by atoms with Crippen molar-refractivity contribution >= 4 is 15.9 Å². The Morgan fingerprint density at radius 3 is 3.05 bits per heavy atom. The number of nitrogens with zero attached hydrogens (tertiary/aromatic N) is 1. The van der Waals surface area contributed by atoms with Crippen molar-refractivity contribution < 1.29 is 9.50 Å². The van der Waals surface area contributed by atoms with Crippen molar-refractivity contribution in [2.24, 2.45) is 5.92 Å². The van der Waals surface area contributed by atoms with E-state index in [4.69, 9.17) is 0 Å². The zero-order valence-electron chi connectivity index (χ0n) is 11.6.